The molecule has 0 saturated heterocycles. The van der Waals surface area contributed by atoms with Gasteiger partial charge in [0.25, 0.3) is 20.0 Å². The molecule has 0 N–H and O–H groups in total. The molecule has 0 aliphatic carbocycles. The van der Waals surface area contributed by atoms with Gasteiger partial charge in [-0.1, -0.05) is 6.92 Å². The van der Waals surface area contributed by atoms with Crippen LogP contribution in [0.4, 0.5) is 0 Å². The van der Waals surface area contributed by atoms with Gasteiger partial charge in [0.2, 0.25) is 0 Å². The Hall–Kier alpha value is -1.25. The Labute approximate surface area is 115 Å². The minimum Gasteiger partial charge on any atom is -0.372 e. The summed E-state index contributed by atoms with van der Waals surface area (Å²) in [5.41, 5.74) is 0.652. The molecule has 0 saturated carbocycles. The lowest BCUT2D eigenvalue weighted by Crippen LogP contribution is -2.07. The SMILES string of the molecule is CCC(C)OCc1ccn2nc(S(=O)(=O)Cl)nc2n1. The van der Waals surface area contributed by atoms with Gasteiger partial charge < -0.3 is 4.74 Å². The quantitative estimate of drug-likeness (QED) is 0.775. The average molecular weight is 305 g/mol. The first-order valence-electron chi connectivity index (χ1n) is 5.68. The summed E-state index contributed by atoms with van der Waals surface area (Å²) >= 11 is 0. The van der Waals surface area contributed by atoms with Crippen molar-refractivity contribution >= 4 is 25.5 Å². The molecule has 2 aromatic rings. The third-order valence-corrected chi connectivity index (χ3v) is 3.58. The Morgan fingerprint density at radius 3 is 2.84 bits per heavy atom. The van der Waals surface area contributed by atoms with Gasteiger partial charge in [0.1, 0.15) is 0 Å². The van der Waals surface area contributed by atoms with E-state index in [0.717, 1.165) is 6.42 Å². The lowest BCUT2D eigenvalue weighted by Gasteiger charge is -2.09. The maximum absolute atomic E-state index is 11.1. The van der Waals surface area contributed by atoms with E-state index in [-0.39, 0.29) is 11.9 Å². The molecule has 7 nitrogen and oxygen atoms in total. The van der Waals surface area contributed by atoms with Crippen molar-refractivity contribution in [2.24, 2.45) is 0 Å². The molecule has 0 aliphatic rings. The molecular weight excluding hydrogens is 292 g/mol. The highest BCUT2D eigenvalue weighted by atomic mass is 35.7. The van der Waals surface area contributed by atoms with Crippen molar-refractivity contribution in [3.8, 4) is 0 Å². The summed E-state index contributed by atoms with van der Waals surface area (Å²) in [6.07, 6.45) is 2.60. The molecule has 1 atom stereocenters. The summed E-state index contributed by atoms with van der Waals surface area (Å²) in [7, 11) is 1.22. The van der Waals surface area contributed by atoms with E-state index in [1.807, 2.05) is 13.8 Å². The van der Waals surface area contributed by atoms with E-state index in [1.165, 1.54) is 4.52 Å². The molecule has 9 heteroatoms. The first-order chi connectivity index (χ1) is 8.90. The molecular formula is C10H13ClN4O3S. The molecule has 0 spiro atoms. The van der Waals surface area contributed by atoms with Crippen molar-refractivity contribution in [2.75, 3.05) is 0 Å². The van der Waals surface area contributed by atoms with Crippen molar-refractivity contribution in [3.05, 3.63) is 18.0 Å². The number of hydrogen-bond donors (Lipinski definition) is 0. The fourth-order valence-corrected chi connectivity index (χ4v) is 1.90. The zero-order chi connectivity index (χ0) is 14.0. The molecule has 0 aromatic carbocycles. The third-order valence-electron chi connectivity index (χ3n) is 2.55. The Bertz CT molecular complexity index is 685. The highest BCUT2D eigenvalue weighted by molar-refractivity contribution is 8.13. The molecule has 1 unspecified atom stereocenters. The zero-order valence-corrected chi connectivity index (χ0v) is 12.0. The lowest BCUT2D eigenvalue weighted by molar-refractivity contribution is 0.0489. The Balaban J connectivity index is 2.26. The van der Waals surface area contributed by atoms with E-state index in [4.69, 9.17) is 15.4 Å². The number of ether oxygens (including phenoxy) is 1. The average Bonchev–Trinajstić information content (AvgIpc) is 2.78. The first kappa shape index (κ1) is 14.2. The summed E-state index contributed by atoms with van der Waals surface area (Å²) in [6, 6.07) is 1.69. The largest absolute Gasteiger partial charge is 0.372 e. The predicted octanol–water partition coefficient (Wildman–Crippen LogP) is 1.37. The van der Waals surface area contributed by atoms with Crippen molar-refractivity contribution < 1.29 is 13.2 Å². The van der Waals surface area contributed by atoms with Crippen molar-refractivity contribution in [3.63, 3.8) is 0 Å². The summed E-state index contributed by atoms with van der Waals surface area (Å²) in [4.78, 5) is 7.91. The summed E-state index contributed by atoms with van der Waals surface area (Å²) in [6.45, 7) is 4.33. The van der Waals surface area contributed by atoms with E-state index >= 15 is 0 Å². The standard InChI is InChI=1S/C10H13ClN4O3S/c1-3-7(2)18-6-8-4-5-15-9(12-8)13-10(14-15)19(11,16)17/h4-5,7H,3,6H2,1-2H3. The smallest absolute Gasteiger partial charge is 0.298 e. The maximum atomic E-state index is 11.1. The number of hydrogen-bond acceptors (Lipinski definition) is 6. The Morgan fingerprint density at radius 2 is 2.21 bits per heavy atom. The monoisotopic (exact) mass is 304 g/mol. The van der Waals surface area contributed by atoms with Crippen LogP contribution in [0.1, 0.15) is 26.0 Å². The van der Waals surface area contributed by atoms with Gasteiger partial charge in [0, 0.05) is 16.9 Å². The van der Waals surface area contributed by atoms with Crippen LogP contribution in [0, 0.1) is 0 Å². The molecule has 0 bridgehead atoms. The summed E-state index contributed by atoms with van der Waals surface area (Å²) in [5.74, 6) is 0.171. The fourth-order valence-electron chi connectivity index (χ4n) is 1.32. The fraction of sp³-hybridized carbons (Fsp3) is 0.500. The van der Waals surface area contributed by atoms with Gasteiger partial charge in [-0.2, -0.15) is 4.98 Å². The van der Waals surface area contributed by atoms with Crippen molar-refractivity contribution in [2.45, 2.75) is 38.1 Å². The molecule has 0 aliphatic heterocycles. The maximum Gasteiger partial charge on any atom is 0.298 e. The van der Waals surface area contributed by atoms with Crippen LogP contribution >= 0.6 is 10.7 Å². The van der Waals surface area contributed by atoms with Gasteiger partial charge in [0.15, 0.2) is 0 Å². The van der Waals surface area contributed by atoms with Crippen LogP contribution in [0.3, 0.4) is 0 Å². The highest BCUT2D eigenvalue weighted by Gasteiger charge is 2.17. The zero-order valence-electron chi connectivity index (χ0n) is 10.4. The minimum absolute atomic E-state index is 0.134. The molecule has 2 rings (SSSR count). The predicted molar refractivity (Wildman–Crippen MR) is 68.4 cm³/mol. The van der Waals surface area contributed by atoms with Gasteiger partial charge >= 0.3 is 0 Å². The summed E-state index contributed by atoms with van der Waals surface area (Å²) in [5, 5.41) is 3.26. The van der Waals surface area contributed by atoms with Crippen LogP contribution in [0.25, 0.3) is 5.78 Å². The van der Waals surface area contributed by atoms with Gasteiger partial charge in [0.05, 0.1) is 18.4 Å². The normalized spacial score (nSPS) is 13.8. The number of fused-ring (bicyclic) bond motifs is 1. The topological polar surface area (TPSA) is 86.5 Å². The number of halogens is 1. The molecule has 0 radical (unpaired) electrons. The number of aromatic nitrogens is 4. The second kappa shape index (κ2) is 5.40. The van der Waals surface area contributed by atoms with Crippen LogP contribution < -0.4 is 0 Å². The Kier molecular flexibility index (Phi) is 4.02. The van der Waals surface area contributed by atoms with Crippen LogP contribution in [0.15, 0.2) is 17.4 Å². The lowest BCUT2D eigenvalue weighted by atomic mass is 10.3. The second-order valence-electron chi connectivity index (χ2n) is 4.03. The van der Waals surface area contributed by atoms with E-state index < -0.39 is 14.2 Å². The first-order valence-corrected chi connectivity index (χ1v) is 7.99. The van der Waals surface area contributed by atoms with Crippen LogP contribution in [-0.2, 0) is 20.4 Å². The van der Waals surface area contributed by atoms with E-state index in [9.17, 15) is 8.42 Å². The molecule has 0 fully saturated rings. The van der Waals surface area contributed by atoms with Gasteiger partial charge in [-0.15, -0.1) is 5.10 Å². The van der Waals surface area contributed by atoms with Gasteiger partial charge in [-0.05, 0) is 19.4 Å². The minimum atomic E-state index is -3.95. The van der Waals surface area contributed by atoms with Crippen molar-refractivity contribution in [1.82, 2.24) is 19.6 Å². The van der Waals surface area contributed by atoms with Gasteiger partial charge in [-0.25, -0.2) is 17.9 Å². The van der Waals surface area contributed by atoms with E-state index in [1.54, 1.807) is 12.3 Å². The number of nitrogens with zero attached hydrogens (tertiary/aromatic N) is 4. The number of rotatable bonds is 5. The van der Waals surface area contributed by atoms with E-state index in [0.29, 0.717) is 12.3 Å². The third kappa shape index (κ3) is 3.40. The Morgan fingerprint density at radius 1 is 1.47 bits per heavy atom. The highest BCUT2D eigenvalue weighted by Crippen LogP contribution is 2.11. The molecule has 0 amide bonds. The molecule has 19 heavy (non-hydrogen) atoms. The molecule has 2 heterocycles. The van der Waals surface area contributed by atoms with Crippen molar-refractivity contribution in [1.29, 1.82) is 0 Å². The van der Waals surface area contributed by atoms with E-state index in [2.05, 4.69) is 15.1 Å². The molecule has 104 valence electrons. The van der Waals surface area contributed by atoms with Crippen LogP contribution in [0.2, 0.25) is 0 Å². The second-order valence-corrected chi connectivity index (χ2v) is 6.49. The van der Waals surface area contributed by atoms with Gasteiger partial charge in [-0.3, -0.25) is 0 Å². The van der Waals surface area contributed by atoms with Crippen LogP contribution in [0.5, 0.6) is 0 Å². The summed E-state index contributed by atoms with van der Waals surface area (Å²) < 4.78 is 29.0. The molecule has 2 aromatic heterocycles. The van der Waals surface area contributed by atoms with Crippen LogP contribution in [-0.4, -0.2) is 34.1 Å².